The van der Waals surface area contributed by atoms with Crippen molar-refractivity contribution < 1.29 is 19.2 Å². The van der Waals surface area contributed by atoms with Gasteiger partial charge in [0.05, 0.1) is 24.2 Å². The predicted octanol–water partition coefficient (Wildman–Crippen LogP) is 4.94. The third-order valence-electron chi connectivity index (χ3n) is 12.8. The molecule has 0 radical (unpaired) electrons. The highest BCUT2D eigenvalue weighted by Gasteiger charge is 2.35. The summed E-state index contributed by atoms with van der Waals surface area (Å²) < 4.78 is 0. The molecule has 4 heterocycles. The maximum atomic E-state index is 13.8. The monoisotopic (exact) mass is 829 g/mol. The van der Waals surface area contributed by atoms with Gasteiger partial charge in [-0.15, -0.1) is 0 Å². The zero-order chi connectivity index (χ0) is 43.3. The SMILES string of the molecule is CC(C)[C@@H]1NCc2ccc(cc2)CN[C@@H](C(C)C)C(=O)N[C@@H]2CCCC[C@H]2NC(=O)[C@H](C(C)C)NCc2ccc(cc2)CN[C@@H](C(C)C)C(=O)N[C@@H]2CCCC[C@H]2NC1=O. The number of rotatable bonds is 4. The van der Waals surface area contributed by atoms with E-state index in [2.05, 4.69) is 146 Å². The Hall–Kier alpha value is -3.84. The second kappa shape index (κ2) is 22.8. The van der Waals surface area contributed by atoms with Gasteiger partial charge in [-0.25, -0.2) is 0 Å². The molecule has 6 aliphatic rings. The fraction of sp³-hybridized carbons (Fsp3) is 0.667. The van der Waals surface area contributed by atoms with Crippen LogP contribution in [-0.4, -0.2) is 72.0 Å². The molecule has 0 aromatic heterocycles. The van der Waals surface area contributed by atoms with Crippen LogP contribution in [0.3, 0.4) is 0 Å². The third kappa shape index (κ3) is 13.6. The van der Waals surface area contributed by atoms with Gasteiger partial charge < -0.3 is 42.5 Å². The molecular formula is C48H76N8O4. The van der Waals surface area contributed by atoms with Crippen LogP contribution in [0.25, 0.3) is 0 Å². The molecule has 4 amide bonds. The number of carbonyl (C=O) groups excluding carboxylic acids is 4. The highest BCUT2D eigenvalue weighted by Crippen LogP contribution is 2.22. The van der Waals surface area contributed by atoms with Gasteiger partial charge in [0.1, 0.15) is 0 Å². The molecule has 2 saturated carbocycles. The van der Waals surface area contributed by atoms with Gasteiger partial charge in [0.25, 0.3) is 0 Å². The third-order valence-corrected chi connectivity index (χ3v) is 12.8. The van der Waals surface area contributed by atoms with Crippen LogP contribution in [0.15, 0.2) is 48.5 Å². The summed E-state index contributed by atoms with van der Waals surface area (Å²) in [5.74, 6) is 0.0697. The van der Waals surface area contributed by atoms with E-state index in [1.165, 1.54) is 0 Å². The first-order valence-electron chi connectivity index (χ1n) is 23.0. The second-order valence-electron chi connectivity index (χ2n) is 19.1. The van der Waals surface area contributed by atoms with Crippen LogP contribution in [0.1, 0.15) is 129 Å². The van der Waals surface area contributed by atoms with Crippen LogP contribution in [0.5, 0.6) is 0 Å². The van der Waals surface area contributed by atoms with E-state index in [1.54, 1.807) is 0 Å². The Kier molecular flexibility index (Phi) is 18.0. The average Bonchev–Trinajstić information content (AvgIpc) is 3.20. The van der Waals surface area contributed by atoms with E-state index in [0.717, 1.165) is 73.6 Å². The van der Waals surface area contributed by atoms with E-state index in [0.29, 0.717) is 26.2 Å². The highest BCUT2D eigenvalue weighted by atomic mass is 16.2. The molecule has 2 aromatic rings. The molecule has 8 rings (SSSR count). The van der Waals surface area contributed by atoms with Crippen molar-refractivity contribution in [3.8, 4) is 0 Å². The number of hydrogen-bond acceptors (Lipinski definition) is 8. The first kappa shape index (κ1) is 47.2. The lowest BCUT2D eigenvalue weighted by Gasteiger charge is -2.36. The van der Waals surface area contributed by atoms with Crippen molar-refractivity contribution in [1.29, 1.82) is 0 Å². The maximum Gasteiger partial charge on any atom is 0.237 e. The van der Waals surface area contributed by atoms with Crippen molar-refractivity contribution in [1.82, 2.24) is 42.5 Å². The molecular weight excluding hydrogens is 753 g/mol. The summed E-state index contributed by atoms with van der Waals surface area (Å²) >= 11 is 0. The lowest BCUT2D eigenvalue weighted by atomic mass is 9.89. The number of benzene rings is 2. The molecule has 8 atom stereocenters. The van der Waals surface area contributed by atoms with E-state index < -0.39 is 24.2 Å². The summed E-state index contributed by atoms with van der Waals surface area (Å²) in [5.41, 5.74) is 4.25. The van der Waals surface area contributed by atoms with E-state index in [-0.39, 0.29) is 71.5 Å². The smallest absolute Gasteiger partial charge is 0.237 e. The molecule has 2 aliphatic carbocycles. The first-order chi connectivity index (χ1) is 28.7. The lowest BCUT2D eigenvalue weighted by molar-refractivity contribution is -0.128. The molecule has 332 valence electrons. The minimum Gasteiger partial charge on any atom is -0.350 e. The lowest BCUT2D eigenvalue weighted by Crippen LogP contribution is -2.59. The van der Waals surface area contributed by atoms with E-state index in [4.69, 9.17) is 0 Å². The van der Waals surface area contributed by atoms with E-state index in [9.17, 15) is 19.2 Å². The largest absolute Gasteiger partial charge is 0.350 e. The molecule has 0 spiro atoms. The minimum atomic E-state index is -0.398. The molecule has 12 nitrogen and oxygen atoms in total. The summed E-state index contributed by atoms with van der Waals surface area (Å²) in [7, 11) is 0. The highest BCUT2D eigenvalue weighted by molar-refractivity contribution is 5.85. The molecule has 2 fully saturated rings. The minimum absolute atomic E-state index is 0.0419. The van der Waals surface area contributed by atoms with Gasteiger partial charge in [-0.1, -0.05) is 130 Å². The second-order valence-corrected chi connectivity index (χ2v) is 19.1. The molecule has 60 heavy (non-hydrogen) atoms. The molecule has 12 heteroatoms. The Morgan fingerprint density at radius 1 is 0.350 bits per heavy atom. The molecule has 8 N–H and O–H groups in total. The van der Waals surface area contributed by atoms with Crippen molar-refractivity contribution in [2.45, 2.75) is 181 Å². The fourth-order valence-corrected chi connectivity index (χ4v) is 9.03. The van der Waals surface area contributed by atoms with Crippen LogP contribution in [0, 0.1) is 23.7 Å². The van der Waals surface area contributed by atoms with Crippen LogP contribution in [0.2, 0.25) is 0 Å². The van der Waals surface area contributed by atoms with Crippen LogP contribution in [-0.2, 0) is 45.4 Å². The van der Waals surface area contributed by atoms with E-state index in [1.807, 2.05) is 0 Å². The Morgan fingerprint density at radius 3 is 0.700 bits per heavy atom. The van der Waals surface area contributed by atoms with Gasteiger partial charge in [-0.2, -0.15) is 0 Å². The van der Waals surface area contributed by atoms with Crippen LogP contribution in [0.4, 0.5) is 0 Å². The zero-order valence-electron chi connectivity index (χ0n) is 37.7. The fourth-order valence-electron chi connectivity index (χ4n) is 9.03. The topological polar surface area (TPSA) is 165 Å². The normalized spacial score (nSPS) is 28.9. The van der Waals surface area contributed by atoms with Gasteiger partial charge >= 0.3 is 0 Å². The van der Waals surface area contributed by atoms with Gasteiger partial charge in [-0.05, 0) is 71.6 Å². The Bertz CT molecular complexity index is 1430. The van der Waals surface area contributed by atoms with E-state index >= 15 is 0 Å². The van der Waals surface area contributed by atoms with Gasteiger partial charge in [-0.3, -0.25) is 19.2 Å². The summed E-state index contributed by atoms with van der Waals surface area (Å²) in [6.45, 7) is 18.6. The first-order valence-corrected chi connectivity index (χ1v) is 23.0. The summed E-state index contributed by atoms with van der Waals surface area (Å²) in [6.07, 6.45) is 7.30. The van der Waals surface area contributed by atoms with Gasteiger partial charge in [0, 0.05) is 50.3 Å². The predicted molar refractivity (Wildman–Crippen MR) is 239 cm³/mol. The Labute approximate surface area is 360 Å². The Morgan fingerprint density at radius 2 is 0.533 bits per heavy atom. The average molecular weight is 829 g/mol. The molecule has 4 bridgehead atoms. The van der Waals surface area contributed by atoms with Crippen LogP contribution >= 0.6 is 0 Å². The zero-order valence-corrected chi connectivity index (χ0v) is 37.7. The van der Waals surface area contributed by atoms with Crippen molar-refractivity contribution in [2.24, 2.45) is 23.7 Å². The molecule has 2 aromatic carbocycles. The van der Waals surface area contributed by atoms with Crippen LogP contribution < -0.4 is 42.5 Å². The maximum absolute atomic E-state index is 13.8. The van der Waals surface area contributed by atoms with Gasteiger partial charge in [0.15, 0.2) is 0 Å². The standard InChI is InChI=1S/C48H76N8O4/c1-29(2)41-45(57)53-37-13-9-10-14-38(37)54-46(58)42(30(3)4)51-27-35-21-23-36(24-22-35)28-52-44(32(7)8)48(60)56-40-16-12-11-15-39(40)55-47(59)43(31(5)6)50-26-34-19-17-33(18-20-34)25-49-41/h17-24,29-32,37-44,49-52H,9-16,25-28H2,1-8H3,(H,53,57)(H,54,58)(H,55,59)(H,56,60)/t37-,38-,39-,40-,41+,42+,43+,44+/m1/s1. The number of nitrogens with one attached hydrogen (secondary N) is 8. The molecule has 0 saturated heterocycles. The van der Waals surface area contributed by atoms with Gasteiger partial charge in [0.2, 0.25) is 23.6 Å². The van der Waals surface area contributed by atoms with Crippen molar-refractivity contribution in [3.63, 3.8) is 0 Å². The number of hydrogen-bond donors (Lipinski definition) is 8. The number of amides is 4. The van der Waals surface area contributed by atoms with Crippen molar-refractivity contribution in [2.75, 3.05) is 0 Å². The quantitative estimate of drug-likeness (QED) is 0.215. The number of carbonyl (C=O) groups is 4. The van der Waals surface area contributed by atoms with Crippen molar-refractivity contribution >= 4 is 23.6 Å². The summed E-state index contributed by atoms with van der Waals surface area (Å²) in [4.78, 5) is 55.4. The molecule has 0 unspecified atom stereocenters. The Balaban J connectivity index is 1.35. The summed E-state index contributed by atoms with van der Waals surface area (Å²) in [5, 5.41) is 27.4. The molecule has 4 aliphatic heterocycles. The summed E-state index contributed by atoms with van der Waals surface area (Å²) in [6, 6.07) is 14.4. The van der Waals surface area contributed by atoms with Crippen molar-refractivity contribution in [3.05, 3.63) is 70.8 Å².